The predicted octanol–water partition coefficient (Wildman–Crippen LogP) is 19.2. The van der Waals surface area contributed by atoms with E-state index in [2.05, 4.69) is 306 Å². The summed E-state index contributed by atoms with van der Waals surface area (Å²) in [6, 6.07) is 74.6. The van der Waals surface area contributed by atoms with Gasteiger partial charge in [0.05, 0.1) is 0 Å². The summed E-state index contributed by atoms with van der Waals surface area (Å²) in [5, 5.41) is 0. The van der Waals surface area contributed by atoms with Crippen molar-refractivity contribution in [3.8, 4) is 0 Å². The van der Waals surface area contributed by atoms with Crippen LogP contribution in [0.3, 0.4) is 0 Å². The lowest BCUT2D eigenvalue weighted by atomic mass is 10.1. The molecule has 0 unspecified atom stereocenters. The molecule has 0 spiro atoms. The van der Waals surface area contributed by atoms with E-state index >= 15 is 0 Å². The highest BCUT2D eigenvalue weighted by atomic mass is 15.1. The summed E-state index contributed by atoms with van der Waals surface area (Å²) in [7, 11) is 0. The second kappa shape index (κ2) is 21.7. The van der Waals surface area contributed by atoms with Crippen LogP contribution in [0, 0.1) is 41.5 Å². The maximum absolute atomic E-state index is 2.35. The van der Waals surface area contributed by atoms with Gasteiger partial charge in [0.15, 0.2) is 0 Å². The van der Waals surface area contributed by atoms with E-state index in [1.165, 1.54) is 67.0 Å². The van der Waals surface area contributed by atoms with Crippen LogP contribution < -0.4 is 9.80 Å². The fourth-order valence-corrected chi connectivity index (χ4v) is 8.94. The third-order valence-electron chi connectivity index (χ3n) is 12.7. The van der Waals surface area contributed by atoms with Crippen molar-refractivity contribution in [1.82, 2.24) is 0 Å². The fraction of sp³-hybridized carbons (Fsp3) is 0.0882. The number of rotatable bonds is 14. The van der Waals surface area contributed by atoms with Gasteiger partial charge in [-0.15, -0.1) is 0 Å². The summed E-state index contributed by atoms with van der Waals surface area (Å²) >= 11 is 0. The van der Waals surface area contributed by atoms with Crippen LogP contribution in [0.4, 0.5) is 34.1 Å². The lowest BCUT2D eigenvalue weighted by Crippen LogP contribution is -2.11. The van der Waals surface area contributed by atoms with E-state index in [4.69, 9.17) is 0 Å². The molecule has 9 rings (SSSR count). The van der Waals surface area contributed by atoms with Crippen LogP contribution in [0.15, 0.2) is 206 Å². The predicted molar refractivity (Wildman–Crippen MR) is 306 cm³/mol. The maximum Gasteiger partial charge on any atom is 0.0490 e. The van der Waals surface area contributed by atoms with E-state index in [0.29, 0.717) is 0 Å². The van der Waals surface area contributed by atoms with Gasteiger partial charge in [0.25, 0.3) is 0 Å². The molecule has 0 bridgehead atoms. The summed E-state index contributed by atoms with van der Waals surface area (Å²) in [5.74, 6) is 0. The van der Waals surface area contributed by atoms with Crippen molar-refractivity contribution in [1.29, 1.82) is 0 Å². The van der Waals surface area contributed by atoms with Crippen molar-refractivity contribution in [3.05, 3.63) is 284 Å². The molecule has 9 aromatic rings. The second-order valence-corrected chi connectivity index (χ2v) is 18.4. The molecule has 342 valence electrons. The molecule has 0 N–H and O–H groups in total. The maximum atomic E-state index is 2.35. The van der Waals surface area contributed by atoms with Gasteiger partial charge in [-0.2, -0.15) is 0 Å². The van der Waals surface area contributed by atoms with Crippen LogP contribution in [0.1, 0.15) is 77.9 Å². The van der Waals surface area contributed by atoms with Gasteiger partial charge < -0.3 is 9.80 Å². The Morgan fingerprint density at radius 2 is 0.471 bits per heavy atom. The Morgan fingerprint density at radius 1 is 0.229 bits per heavy atom. The molecule has 0 amide bonds. The molecule has 9 aromatic carbocycles. The molecule has 0 fully saturated rings. The van der Waals surface area contributed by atoms with Crippen molar-refractivity contribution in [2.45, 2.75) is 41.5 Å². The van der Waals surface area contributed by atoms with E-state index in [-0.39, 0.29) is 0 Å². The van der Waals surface area contributed by atoms with E-state index in [9.17, 15) is 0 Å². The van der Waals surface area contributed by atoms with E-state index < -0.39 is 0 Å². The van der Waals surface area contributed by atoms with Crippen molar-refractivity contribution in [3.63, 3.8) is 0 Å². The van der Waals surface area contributed by atoms with E-state index in [0.717, 1.165) is 45.0 Å². The second-order valence-electron chi connectivity index (χ2n) is 18.4. The monoisotopic (exact) mass is 904 g/mol. The Labute approximate surface area is 416 Å². The summed E-state index contributed by atoms with van der Waals surface area (Å²) in [4.78, 5) is 4.70. The first-order chi connectivity index (χ1) is 34.1. The van der Waals surface area contributed by atoms with Gasteiger partial charge in [0, 0.05) is 34.1 Å². The summed E-state index contributed by atoms with van der Waals surface area (Å²) in [6.07, 6.45) is 17.5. The van der Waals surface area contributed by atoms with Gasteiger partial charge in [0.2, 0.25) is 0 Å². The van der Waals surface area contributed by atoms with Crippen LogP contribution in [-0.2, 0) is 0 Å². The Kier molecular flexibility index (Phi) is 14.4. The van der Waals surface area contributed by atoms with Crippen LogP contribution in [0.2, 0.25) is 0 Å². The van der Waals surface area contributed by atoms with E-state index in [1.807, 2.05) is 0 Å². The number of nitrogens with zero attached hydrogens (tertiary/aromatic N) is 2. The summed E-state index contributed by atoms with van der Waals surface area (Å²) in [5.41, 5.74) is 23.7. The standard InChI is InChI=1S/C68H60N2/c1-49-9-7-11-61(47-49)25-23-59-31-39-65(40-32-59)69(67-43-13-51(3)45-53(67)5)63-35-27-57(28-36-63)21-19-55-15-17-56(18-16-55)20-22-58-29-37-64(38-30-58)70(68-44-14-52(4)46-54(68)6)66-41-33-60(34-42-66)24-26-62-12-8-10-50(2)48-62/h7-48H,1-6H3/b21-19+,22-20+,25-23+,26-24+. The minimum atomic E-state index is 1.12. The zero-order chi connectivity index (χ0) is 48.4. The SMILES string of the molecule is Cc1cccc(/C=C/c2ccc(N(c3ccc(/C=C/c4ccc(/C=C/c5ccc(N(c6ccc(/C=C/c7cccc(C)c7)cc6)c6ccc(C)cc6C)cc5)cc4)cc3)c3ccc(C)cc3C)cc2)c1. The number of aryl methyl sites for hydroxylation is 6. The van der Waals surface area contributed by atoms with Crippen LogP contribution in [-0.4, -0.2) is 0 Å². The Balaban J connectivity index is 0.868. The third kappa shape index (κ3) is 11.8. The average Bonchev–Trinajstić information content (AvgIpc) is 3.37. The van der Waals surface area contributed by atoms with Crippen LogP contribution >= 0.6 is 0 Å². The molecule has 0 aliphatic rings. The molecule has 70 heavy (non-hydrogen) atoms. The molecular formula is C68H60N2. The van der Waals surface area contributed by atoms with Gasteiger partial charge in [-0.05, 0) is 158 Å². The van der Waals surface area contributed by atoms with Gasteiger partial charge in [0.1, 0.15) is 0 Å². The van der Waals surface area contributed by atoms with Crippen molar-refractivity contribution < 1.29 is 0 Å². The molecule has 2 nitrogen and oxygen atoms in total. The molecular weight excluding hydrogens is 845 g/mol. The average molecular weight is 905 g/mol. The molecule has 0 aliphatic carbocycles. The van der Waals surface area contributed by atoms with Crippen LogP contribution in [0.5, 0.6) is 0 Å². The van der Waals surface area contributed by atoms with Gasteiger partial charge >= 0.3 is 0 Å². The summed E-state index contributed by atoms with van der Waals surface area (Å²) in [6.45, 7) is 12.9. The Bertz CT molecular complexity index is 3100. The zero-order valence-corrected chi connectivity index (χ0v) is 41.1. The van der Waals surface area contributed by atoms with Gasteiger partial charge in [-0.3, -0.25) is 0 Å². The largest absolute Gasteiger partial charge is 0.310 e. The first kappa shape index (κ1) is 46.6. The first-order valence-corrected chi connectivity index (χ1v) is 24.2. The van der Waals surface area contributed by atoms with Crippen molar-refractivity contribution in [2.24, 2.45) is 0 Å². The smallest absolute Gasteiger partial charge is 0.0490 e. The van der Waals surface area contributed by atoms with Crippen LogP contribution in [0.25, 0.3) is 48.6 Å². The summed E-state index contributed by atoms with van der Waals surface area (Å²) < 4.78 is 0. The first-order valence-electron chi connectivity index (χ1n) is 24.2. The lowest BCUT2D eigenvalue weighted by molar-refractivity contribution is 1.24. The molecule has 0 heterocycles. The highest BCUT2D eigenvalue weighted by molar-refractivity contribution is 5.83. The highest BCUT2D eigenvalue weighted by Crippen LogP contribution is 2.39. The molecule has 0 saturated carbocycles. The van der Waals surface area contributed by atoms with Gasteiger partial charge in [-0.25, -0.2) is 0 Å². The fourth-order valence-electron chi connectivity index (χ4n) is 8.94. The molecule has 0 radical (unpaired) electrons. The number of hydrogen-bond donors (Lipinski definition) is 0. The number of anilines is 6. The van der Waals surface area contributed by atoms with Crippen molar-refractivity contribution >= 4 is 82.7 Å². The minimum absolute atomic E-state index is 1.12. The minimum Gasteiger partial charge on any atom is -0.310 e. The zero-order valence-electron chi connectivity index (χ0n) is 41.1. The Morgan fingerprint density at radius 3 is 0.729 bits per heavy atom. The normalized spacial score (nSPS) is 11.6. The van der Waals surface area contributed by atoms with Gasteiger partial charge in [-0.1, -0.05) is 216 Å². The molecule has 0 saturated heterocycles. The molecule has 2 heteroatoms. The topological polar surface area (TPSA) is 6.48 Å². The van der Waals surface area contributed by atoms with E-state index in [1.54, 1.807) is 0 Å². The molecule has 0 aromatic heterocycles. The third-order valence-corrected chi connectivity index (χ3v) is 12.7. The molecule has 0 atom stereocenters. The number of benzene rings is 9. The lowest BCUT2D eigenvalue weighted by Gasteiger charge is -2.27. The quantitative estimate of drug-likeness (QED) is 0.100. The Hall–Kier alpha value is -8.46. The molecule has 0 aliphatic heterocycles. The van der Waals surface area contributed by atoms with Crippen molar-refractivity contribution in [2.75, 3.05) is 9.80 Å². The number of hydrogen-bond acceptors (Lipinski definition) is 2. The highest BCUT2D eigenvalue weighted by Gasteiger charge is 2.16.